The molecule has 0 bridgehead atoms. The van der Waals surface area contributed by atoms with E-state index in [1.54, 1.807) is 7.11 Å². The molecule has 0 aliphatic carbocycles. The molecule has 0 aliphatic heterocycles. The predicted octanol–water partition coefficient (Wildman–Crippen LogP) is -0.571. The van der Waals surface area contributed by atoms with Gasteiger partial charge in [0, 0.05) is 13.2 Å². The maximum atomic E-state index is 11.3. The van der Waals surface area contributed by atoms with Crippen molar-refractivity contribution >= 4 is 5.91 Å². The monoisotopic (exact) mass is 198 g/mol. The number of carbonyl (C=O) groups excluding carboxylic acids is 1. The Morgan fingerprint density at radius 2 is 2.50 bits per heavy atom. The van der Waals surface area contributed by atoms with Gasteiger partial charge < -0.3 is 10.1 Å². The van der Waals surface area contributed by atoms with Gasteiger partial charge in [-0.2, -0.15) is 5.10 Å². The molecule has 0 saturated carbocycles. The van der Waals surface area contributed by atoms with Crippen molar-refractivity contribution in [3.05, 3.63) is 12.7 Å². The molecule has 1 rings (SSSR count). The van der Waals surface area contributed by atoms with Gasteiger partial charge in [0.15, 0.2) is 0 Å². The third-order valence-corrected chi connectivity index (χ3v) is 1.60. The summed E-state index contributed by atoms with van der Waals surface area (Å²) in [6.07, 6.45) is 2.90. The van der Waals surface area contributed by atoms with E-state index >= 15 is 0 Å². The number of carbonyl (C=O) groups is 1. The van der Waals surface area contributed by atoms with Crippen molar-refractivity contribution in [1.82, 2.24) is 20.1 Å². The summed E-state index contributed by atoms with van der Waals surface area (Å²) in [7, 11) is 1.60. The van der Waals surface area contributed by atoms with Crippen molar-refractivity contribution in [2.45, 2.75) is 19.5 Å². The largest absolute Gasteiger partial charge is 0.383 e. The van der Waals surface area contributed by atoms with Crippen molar-refractivity contribution in [3.8, 4) is 0 Å². The minimum Gasteiger partial charge on any atom is -0.383 e. The second kappa shape index (κ2) is 5.33. The third kappa shape index (κ3) is 3.53. The van der Waals surface area contributed by atoms with E-state index in [4.69, 9.17) is 4.74 Å². The third-order valence-electron chi connectivity index (χ3n) is 1.60. The van der Waals surface area contributed by atoms with E-state index in [1.165, 1.54) is 17.3 Å². The van der Waals surface area contributed by atoms with Gasteiger partial charge in [0.2, 0.25) is 5.91 Å². The summed E-state index contributed by atoms with van der Waals surface area (Å²) in [6, 6.07) is 0.0102. The van der Waals surface area contributed by atoms with Gasteiger partial charge in [-0.1, -0.05) is 0 Å². The number of amides is 1. The molecule has 1 unspecified atom stereocenters. The summed E-state index contributed by atoms with van der Waals surface area (Å²) in [5.74, 6) is -0.0972. The normalized spacial score (nSPS) is 12.4. The quantitative estimate of drug-likeness (QED) is 0.688. The second-order valence-electron chi connectivity index (χ2n) is 3.02. The molecule has 78 valence electrons. The summed E-state index contributed by atoms with van der Waals surface area (Å²) in [5.41, 5.74) is 0. The number of nitrogens with zero attached hydrogens (tertiary/aromatic N) is 3. The standard InChI is InChI=1S/C8H14N4O2/c1-7(4-14-2)11-8(13)3-12-6-9-5-10-12/h5-7H,3-4H2,1-2H3,(H,11,13). The zero-order valence-corrected chi connectivity index (χ0v) is 8.30. The molecule has 0 aliphatic rings. The Morgan fingerprint density at radius 3 is 3.07 bits per heavy atom. The lowest BCUT2D eigenvalue weighted by atomic mass is 10.3. The minimum atomic E-state index is -0.0972. The number of hydrogen-bond acceptors (Lipinski definition) is 4. The van der Waals surface area contributed by atoms with Crippen molar-refractivity contribution in [2.24, 2.45) is 0 Å². The average molecular weight is 198 g/mol. The van der Waals surface area contributed by atoms with Gasteiger partial charge in [0.25, 0.3) is 0 Å². The van der Waals surface area contributed by atoms with E-state index in [1.807, 2.05) is 6.92 Å². The molecule has 0 radical (unpaired) electrons. The van der Waals surface area contributed by atoms with Gasteiger partial charge in [0.1, 0.15) is 19.2 Å². The number of hydrogen-bond donors (Lipinski definition) is 1. The fraction of sp³-hybridized carbons (Fsp3) is 0.625. The number of aromatic nitrogens is 3. The highest BCUT2D eigenvalue weighted by atomic mass is 16.5. The lowest BCUT2D eigenvalue weighted by Gasteiger charge is -2.12. The highest BCUT2D eigenvalue weighted by molar-refractivity contribution is 5.75. The van der Waals surface area contributed by atoms with Crippen LogP contribution in [0.2, 0.25) is 0 Å². The lowest BCUT2D eigenvalue weighted by Crippen LogP contribution is -2.37. The van der Waals surface area contributed by atoms with Gasteiger partial charge in [0.05, 0.1) is 6.61 Å². The summed E-state index contributed by atoms with van der Waals surface area (Å²) < 4.78 is 6.36. The van der Waals surface area contributed by atoms with Crippen LogP contribution in [-0.4, -0.2) is 40.4 Å². The summed E-state index contributed by atoms with van der Waals surface area (Å²) >= 11 is 0. The fourth-order valence-electron chi connectivity index (χ4n) is 1.07. The zero-order chi connectivity index (χ0) is 10.4. The van der Waals surface area contributed by atoms with Gasteiger partial charge >= 0.3 is 0 Å². The van der Waals surface area contributed by atoms with E-state index in [-0.39, 0.29) is 18.5 Å². The predicted molar refractivity (Wildman–Crippen MR) is 49.5 cm³/mol. The van der Waals surface area contributed by atoms with Crippen molar-refractivity contribution in [1.29, 1.82) is 0 Å². The Bertz CT molecular complexity index is 273. The SMILES string of the molecule is COCC(C)NC(=O)Cn1cncn1. The van der Waals surface area contributed by atoms with Crippen molar-refractivity contribution in [3.63, 3.8) is 0 Å². The molecule has 0 aromatic carbocycles. The first kappa shape index (κ1) is 10.6. The number of nitrogens with one attached hydrogen (secondary N) is 1. The first-order valence-electron chi connectivity index (χ1n) is 4.33. The molecular formula is C8H14N4O2. The Morgan fingerprint density at radius 1 is 1.71 bits per heavy atom. The van der Waals surface area contributed by atoms with E-state index in [2.05, 4.69) is 15.4 Å². The van der Waals surface area contributed by atoms with Crippen LogP contribution in [0.4, 0.5) is 0 Å². The maximum Gasteiger partial charge on any atom is 0.242 e. The first-order chi connectivity index (χ1) is 6.72. The zero-order valence-electron chi connectivity index (χ0n) is 8.30. The van der Waals surface area contributed by atoms with Gasteiger partial charge in [-0.15, -0.1) is 0 Å². The fourth-order valence-corrected chi connectivity index (χ4v) is 1.07. The smallest absolute Gasteiger partial charge is 0.242 e. The Labute approximate surface area is 82.3 Å². The first-order valence-corrected chi connectivity index (χ1v) is 4.33. The molecule has 0 saturated heterocycles. The van der Waals surface area contributed by atoms with Crippen molar-refractivity contribution < 1.29 is 9.53 Å². The Balaban J connectivity index is 2.29. The molecule has 0 fully saturated rings. The van der Waals surface area contributed by atoms with Crippen molar-refractivity contribution in [2.75, 3.05) is 13.7 Å². The summed E-state index contributed by atoms with van der Waals surface area (Å²) in [6.45, 7) is 2.57. The molecule has 6 nitrogen and oxygen atoms in total. The van der Waals surface area contributed by atoms with Crippen LogP contribution in [0, 0.1) is 0 Å². The molecular weight excluding hydrogens is 184 g/mol. The van der Waals surface area contributed by atoms with Crippen LogP contribution in [-0.2, 0) is 16.1 Å². The summed E-state index contributed by atoms with van der Waals surface area (Å²) in [5, 5.41) is 6.59. The number of ether oxygens (including phenoxy) is 1. The lowest BCUT2D eigenvalue weighted by molar-refractivity contribution is -0.122. The average Bonchev–Trinajstić information content (AvgIpc) is 2.56. The minimum absolute atomic E-state index is 0.0102. The number of rotatable bonds is 5. The van der Waals surface area contributed by atoms with E-state index in [0.29, 0.717) is 6.61 Å². The summed E-state index contributed by atoms with van der Waals surface area (Å²) in [4.78, 5) is 15.1. The maximum absolute atomic E-state index is 11.3. The molecule has 0 spiro atoms. The topological polar surface area (TPSA) is 69.0 Å². The number of methoxy groups -OCH3 is 1. The van der Waals surface area contributed by atoms with Crippen LogP contribution in [0.25, 0.3) is 0 Å². The van der Waals surface area contributed by atoms with Crippen LogP contribution in [0.5, 0.6) is 0 Å². The highest BCUT2D eigenvalue weighted by Gasteiger charge is 2.07. The van der Waals surface area contributed by atoms with E-state index in [0.717, 1.165) is 0 Å². The van der Waals surface area contributed by atoms with Crippen LogP contribution in [0.1, 0.15) is 6.92 Å². The van der Waals surface area contributed by atoms with Crippen LogP contribution in [0.15, 0.2) is 12.7 Å². The molecule has 1 aromatic rings. The van der Waals surface area contributed by atoms with Crippen LogP contribution in [0.3, 0.4) is 0 Å². The Hall–Kier alpha value is -1.43. The van der Waals surface area contributed by atoms with E-state index < -0.39 is 0 Å². The van der Waals surface area contributed by atoms with Gasteiger partial charge in [-0.05, 0) is 6.92 Å². The van der Waals surface area contributed by atoms with Crippen LogP contribution >= 0.6 is 0 Å². The molecule has 6 heteroatoms. The molecule has 1 N–H and O–H groups in total. The second-order valence-corrected chi connectivity index (χ2v) is 3.02. The molecule has 1 heterocycles. The van der Waals surface area contributed by atoms with E-state index in [9.17, 15) is 4.79 Å². The van der Waals surface area contributed by atoms with Crippen LogP contribution < -0.4 is 5.32 Å². The molecule has 14 heavy (non-hydrogen) atoms. The molecule has 1 aromatic heterocycles. The molecule has 1 atom stereocenters. The highest BCUT2D eigenvalue weighted by Crippen LogP contribution is 1.85. The van der Waals surface area contributed by atoms with Gasteiger partial charge in [-0.3, -0.25) is 4.79 Å². The Kier molecular flexibility index (Phi) is 4.06. The molecule has 1 amide bonds. The van der Waals surface area contributed by atoms with Gasteiger partial charge in [-0.25, -0.2) is 9.67 Å².